The summed E-state index contributed by atoms with van der Waals surface area (Å²) in [5, 5.41) is 3.86. The van der Waals surface area contributed by atoms with E-state index in [1.807, 2.05) is 0 Å². The summed E-state index contributed by atoms with van der Waals surface area (Å²) in [5.41, 5.74) is 0. The summed E-state index contributed by atoms with van der Waals surface area (Å²) < 4.78 is 5.93. The van der Waals surface area contributed by atoms with Crippen molar-refractivity contribution in [2.45, 2.75) is 90.7 Å². The second kappa shape index (κ2) is 9.15. The first-order chi connectivity index (χ1) is 10.2. The van der Waals surface area contributed by atoms with Gasteiger partial charge in [-0.15, -0.1) is 0 Å². The first kappa shape index (κ1) is 17.3. The van der Waals surface area contributed by atoms with Crippen LogP contribution in [-0.4, -0.2) is 25.3 Å². The van der Waals surface area contributed by atoms with E-state index in [-0.39, 0.29) is 0 Å². The van der Waals surface area contributed by atoms with Crippen molar-refractivity contribution in [3.05, 3.63) is 0 Å². The lowest BCUT2D eigenvalue weighted by atomic mass is 9.72. The molecule has 4 unspecified atom stereocenters. The van der Waals surface area contributed by atoms with Crippen molar-refractivity contribution in [2.75, 3.05) is 13.2 Å². The van der Waals surface area contributed by atoms with Gasteiger partial charge in [-0.25, -0.2) is 0 Å². The van der Waals surface area contributed by atoms with Gasteiger partial charge in [0.1, 0.15) is 0 Å². The Labute approximate surface area is 132 Å². The van der Waals surface area contributed by atoms with Crippen LogP contribution < -0.4 is 5.32 Å². The summed E-state index contributed by atoms with van der Waals surface area (Å²) in [4.78, 5) is 0. The van der Waals surface area contributed by atoms with Crippen molar-refractivity contribution in [1.29, 1.82) is 0 Å². The predicted molar refractivity (Wildman–Crippen MR) is 90.6 cm³/mol. The predicted octanol–water partition coefficient (Wildman–Crippen LogP) is 4.78. The largest absolute Gasteiger partial charge is 0.378 e. The number of hydrogen-bond donors (Lipinski definition) is 1. The van der Waals surface area contributed by atoms with Gasteiger partial charge in [0.2, 0.25) is 0 Å². The Kier molecular flexibility index (Phi) is 7.53. The van der Waals surface area contributed by atoms with Gasteiger partial charge in [0, 0.05) is 12.6 Å². The standard InChI is InChI=1S/C19H37NO/c1-4-10-20-19(9-8-18-7-5-6-11-21-18)17-13-15(2)12-16(3)14-17/h15-20H,4-14H2,1-3H3. The van der Waals surface area contributed by atoms with Gasteiger partial charge in [-0.2, -0.15) is 0 Å². The zero-order chi connectivity index (χ0) is 15.1. The molecule has 0 bridgehead atoms. The van der Waals surface area contributed by atoms with Crippen molar-refractivity contribution in [2.24, 2.45) is 17.8 Å². The second-order valence-corrected chi connectivity index (χ2v) is 7.80. The van der Waals surface area contributed by atoms with Crippen LogP contribution in [0.5, 0.6) is 0 Å². The van der Waals surface area contributed by atoms with Crippen LogP contribution in [0.3, 0.4) is 0 Å². The van der Waals surface area contributed by atoms with E-state index in [2.05, 4.69) is 26.1 Å². The second-order valence-electron chi connectivity index (χ2n) is 7.80. The molecule has 124 valence electrons. The lowest BCUT2D eigenvalue weighted by Gasteiger charge is -2.38. The normalized spacial score (nSPS) is 35.6. The Morgan fingerprint density at radius 2 is 1.86 bits per heavy atom. The molecule has 1 aliphatic carbocycles. The molecular weight excluding hydrogens is 258 g/mol. The summed E-state index contributed by atoms with van der Waals surface area (Å²) in [7, 11) is 0. The molecule has 1 heterocycles. The molecule has 0 aromatic carbocycles. The molecule has 2 heteroatoms. The average molecular weight is 296 g/mol. The van der Waals surface area contributed by atoms with Crippen molar-refractivity contribution in [3.8, 4) is 0 Å². The molecule has 2 aliphatic rings. The third kappa shape index (κ3) is 5.90. The summed E-state index contributed by atoms with van der Waals surface area (Å²) >= 11 is 0. The van der Waals surface area contributed by atoms with Crippen molar-refractivity contribution in [1.82, 2.24) is 5.32 Å². The number of hydrogen-bond acceptors (Lipinski definition) is 2. The number of nitrogens with one attached hydrogen (secondary N) is 1. The molecule has 2 nitrogen and oxygen atoms in total. The van der Waals surface area contributed by atoms with Crippen molar-refractivity contribution >= 4 is 0 Å². The molecular formula is C19H37NO. The zero-order valence-electron chi connectivity index (χ0n) is 14.6. The fraction of sp³-hybridized carbons (Fsp3) is 1.00. The number of ether oxygens (including phenoxy) is 1. The third-order valence-corrected chi connectivity index (χ3v) is 5.51. The molecule has 1 saturated heterocycles. The Balaban J connectivity index is 1.83. The van der Waals surface area contributed by atoms with Gasteiger partial charge >= 0.3 is 0 Å². The average Bonchev–Trinajstić information content (AvgIpc) is 2.47. The van der Waals surface area contributed by atoms with E-state index in [9.17, 15) is 0 Å². The van der Waals surface area contributed by atoms with Gasteiger partial charge in [0.25, 0.3) is 0 Å². The Morgan fingerprint density at radius 1 is 1.10 bits per heavy atom. The fourth-order valence-electron chi connectivity index (χ4n) is 4.57. The van der Waals surface area contributed by atoms with Gasteiger partial charge in [-0.3, -0.25) is 0 Å². The molecule has 2 fully saturated rings. The lowest BCUT2D eigenvalue weighted by Crippen LogP contribution is -2.41. The highest BCUT2D eigenvalue weighted by atomic mass is 16.5. The molecule has 1 saturated carbocycles. The quantitative estimate of drug-likeness (QED) is 0.730. The highest BCUT2D eigenvalue weighted by molar-refractivity contribution is 4.84. The van der Waals surface area contributed by atoms with Crippen molar-refractivity contribution in [3.63, 3.8) is 0 Å². The van der Waals surface area contributed by atoms with E-state index in [0.717, 1.165) is 30.4 Å². The summed E-state index contributed by atoms with van der Waals surface area (Å²) in [6, 6.07) is 0.723. The van der Waals surface area contributed by atoms with Gasteiger partial charge in [-0.05, 0) is 82.1 Å². The Morgan fingerprint density at radius 3 is 2.48 bits per heavy atom. The molecule has 1 aliphatic heterocycles. The van der Waals surface area contributed by atoms with Crippen LogP contribution in [0.25, 0.3) is 0 Å². The summed E-state index contributed by atoms with van der Waals surface area (Å²) in [6.07, 6.45) is 12.6. The Bertz CT molecular complexity index is 265. The molecule has 0 radical (unpaired) electrons. The molecule has 0 aromatic rings. The van der Waals surface area contributed by atoms with Crippen LogP contribution in [0.2, 0.25) is 0 Å². The van der Waals surface area contributed by atoms with E-state index in [4.69, 9.17) is 4.74 Å². The monoisotopic (exact) mass is 295 g/mol. The molecule has 4 atom stereocenters. The third-order valence-electron chi connectivity index (χ3n) is 5.51. The van der Waals surface area contributed by atoms with Crippen LogP contribution in [0.15, 0.2) is 0 Å². The van der Waals surface area contributed by atoms with E-state index in [0.29, 0.717) is 6.10 Å². The first-order valence-electron chi connectivity index (χ1n) is 9.54. The maximum absolute atomic E-state index is 5.93. The van der Waals surface area contributed by atoms with Gasteiger partial charge in [0.15, 0.2) is 0 Å². The maximum atomic E-state index is 5.93. The molecule has 0 aromatic heterocycles. The van der Waals surface area contributed by atoms with Gasteiger partial charge in [-0.1, -0.05) is 20.8 Å². The molecule has 21 heavy (non-hydrogen) atoms. The first-order valence-corrected chi connectivity index (χ1v) is 9.54. The SMILES string of the molecule is CCCNC(CCC1CCCCO1)C1CC(C)CC(C)C1. The van der Waals surface area contributed by atoms with Crippen molar-refractivity contribution < 1.29 is 4.74 Å². The van der Waals surface area contributed by atoms with Crippen LogP contribution in [0.1, 0.15) is 78.6 Å². The van der Waals surface area contributed by atoms with E-state index in [1.165, 1.54) is 64.3 Å². The Hall–Kier alpha value is -0.0800. The molecule has 0 spiro atoms. The highest BCUT2D eigenvalue weighted by Crippen LogP contribution is 2.36. The summed E-state index contributed by atoms with van der Waals surface area (Å²) in [6.45, 7) is 9.35. The van der Waals surface area contributed by atoms with Crippen LogP contribution in [0.4, 0.5) is 0 Å². The van der Waals surface area contributed by atoms with E-state index >= 15 is 0 Å². The zero-order valence-corrected chi connectivity index (χ0v) is 14.6. The van der Waals surface area contributed by atoms with Crippen LogP contribution in [-0.2, 0) is 4.74 Å². The summed E-state index contributed by atoms with van der Waals surface area (Å²) in [5.74, 6) is 2.71. The minimum Gasteiger partial charge on any atom is -0.378 e. The molecule has 0 amide bonds. The van der Waals surface area contributed by atoms with Gasteiger partial charge in [0.05, 0.1) is 6.10 Å². The van der Waals surface area contributed by atoms with Gasteiger partial charge < -0.3 is 10.1 Å². The van der Waals surface area contributed by atoms with E-state index in [1.54, 1.807) is 0 Å². The van der Waals surface area contributed by atoms with E-state index < -0.39 is 0 Å². The minimum atomic E-state index is 0.545. The molecule has 2 rings (SSSR count). The lowest BCUT2D eigenvalue weighted by molar-refractivity contribution is 0.00639. The van der Waals surface area contributed by atoms with Crippen LogP contribution in [0, 0.1) is 17.8 Å². The maximum Gasteiger partial charge on any atom is 0.0575 e. The highest BCUT2D eigenvalue weighted by Gasteiger charge is 2.30. The number of rotatable bonds is 7. The fourth-order valence-corrected chi connectivity index (χ4v) is 4.57. The smallest absolute Gasteiger partial charge is 0.0575 e. The topological polar surface area (TPSA) is 21.3 Å². The minimum absolute atomic E-state index is 0.545. The van der Waals surface area contributed by atoms with Crippen LogP contribution >= 0.6 is 0 Å². The molecule has 1 N–H and O–H groups in total.